The number of carbonyl (C=O) groups excluding carboxylic acids is 1. The summed E-state index contributed by atoms with van der Waals surface area (Å²) >= 11 is 0. The van der Waals surface area contributed by atoms with Gasteiger partial charge in [-0.25, -0.2) is 13.8 Å². The number of benzene rings is 1. The van der Waals surface area contributed by atoms with E-state index in [9.17, 15) is 13.6 Å². The molecule has 0 atom stereocenters. The lowest BCUT2D eigenvalue weighted by Gasteiger charge is -2.34. The molecule has 1 aromatic carbocycles. The molecule has 1 fully saturated rings. The normalized spacial score (nSPS) is 15.2. The fraction of sp³-hybridized carbons (Fsp3) is 0.353. The molecule has 25 heavy (non-hydrogen) atoms. The van der Waals surface area contributed by atoms with Crippen LogP contribution in [0.2, 0.25) is 0 Å². The number of halogens is 2. The molecule has 3 rings (SSSR count). The quantitative estimate of drug-likeness (QED) is 0.842. The van der Waals surface area contributed by atoms with Crippen molar-refractivity contribution in [1.29, 1.82) is 0 Å². The Kier molecular flexibility index (Phi) is 5.18. The molecule has 2 heterocycles. The molecule has 0 saturated carbocycles. The Balaban J connectivity index is 1.61. The average molecular weight is 348 g/mol. The summed E-state index contributed by atoms with van der Waals surface area (Å²) in [6, 6.07) is 5.54. The van der Waals surface area contributed by atoms with E-state index < -0.39 is 23.1 Å². The van der Waals surface area contributed by atoms with E-state index in [0.29, 0.717) is 38.7 Å². The summed E-state index contributed by atoms with van der Waals surface area (Å²) < 4.78 is 32.5. The molecule has 2 aromatic rings. The van der Waals surface area contributed by atoms with Crippen molar-refractivity contribution in [1.82, 2.24) is 19.8 Å². The van der Waals surface area contributed by atoms with E-state index in [0.717, 1.165) is 17.8 Å². The largest absolute Gasteiger partial charge is 0.467 e. The standard InChI is InChI=1S/C17H18F2N4O2/c1-25-17-20-6-5-12(21-17)11-22-7-9-23(10-8-22)16(24)15-13(18)3-2-4-14(15)19/h2-6H,7-11H2,1H3. The van der Waals surface area contributed by atoms with Gasteiger partial charge < -0.3 is 9.64 Å². The lowest BCUT2D eigenvalue weighted by molar-refractivity contribution is 0.0617. The molecular formula is C17H18F2N4O2. The van der Waals surface area contributed by atoms with Crippen molar-refractivity contribution in [2.45, 2.75) is 6.54 Å². The van der Waals surface area contributed by atoms with Gasteiger partial charge in [0.2, 0.25) is 0 Å². The monoisotopic (exact) mass is 348 g/mol. The molecule has 1 aromatic heterocycles. The summed E-state index contributed by atoms with van der Waals surface area (Å²) in [6.45, 7) is 2.57. The SMILES string of the molecule is COc1nccc(CN2CCN(C(=O)c3c(F)cccc3F)CC2)n1. The number of ether oxygens (including phenoxy) is 1. The summed E-state index contributed by atoms with van der Waals surface area (Å²) in [4.78, 5) is 24.2. The first-order valence-corrected chi connectivity index (χ1v) is 7.90. The number of piperazine rings is 1. The number of nitrogens with zero attached hydrogens (tertiary/aromatic N) is 4. The van der Waals surface area contributed by atoms with Crippen LogP contribution in [0, 0.1) is 11.6 Å². The predicted molar refractivity (Wildman–Crippen MR) is 86.1 cm³/mol. The van der Waals surface area contributed by atoms with E-state index >= 15 is 0 Å². The number of amides is 1. The van der Waals surface area contributed by atoms with Crippen LogP contribution in [0.15, 0.2) is 30.5 Å². The number of hydrogen-bond donors (Lipinski definition) is 0. The molecule has 6 nitrogen and oxygen atoms in total. The second kappa shape index (κ2) is 7.52. The third-order valence-electron chi connectivity index (χ3n) is 4.10. The summed E-state index contributed by atoms with van der Waals surface area (Å²) in [5.74, 6) is -2.28. The number of methoxy groups -OCH3 is 1. The van der Waals surface area contributed by atoms with Crippen LogP contribution < -0.4 is 4.74 Å². The summed E-state index contributed by atoms with van der Waals surface area (Å²) in [6.07, 6.45) is 1.63. The zero-order valence-corrected chi connectivity index (χ0v) is 13.8. The minimum atomic E-state index is -0.833. The van der Waals surface area contributed by atoms with E-state index in [1.165, 1.54) is 18.1 Å². The molecule has 1 saturated heterocycles. The van der Waals surface area contributed by atoms with E-state index in [1.807, 2.05) is 0 Å². The van der Waals surface area contributed by atoms with E-state index in [1.54, 1.807) is 12.3 Å². The van der Waals surface area contributed by atoms with Gasteiger partial charge in [0.15, 0.2) is 0 Å². The van der Waals surface area contributed by atoms with Gasteiger partial charge in [0.05, 0.1) is 12.8 Å². The minimum absolute atomic E-state index is 0.307. The Morgan fingerprint density at radius 1 is 1.16 bits per heavy atom. The average Bonchev–Trinajstić information content (AvgIpc) is 2.62. The van der Waals surface area contributed by atoms with E-state index in [4.69, 9.17) is 4.74 Å². The molecule has 0 radical (unpaired) electrons. The van der Waals surface area contributed by atoms with Crippen molar-refractivity contribution in [2.75, 3.05) is 33.3 Å². The molecule has 0 aliphatic carbocycles. The van der Waals surface area contributed by atoms with Crippen molar-refractivity contribution in [3.63, 3.8) is 0 Å². The lowest BCUT2D eigenvalue weighted by Crippen LogP contribution is -2.48. The first kappa shape index (κ1) is 17.2. The summed E-state index contributed by atoms with van der Waals surface area (Å²) in [5.41, 5.74) is 0.322. The minimum Gasteiger partial charge on any atom is -0.467 e. The maximum atomic E-state index is 13.8. The van der Waals surface area contributed by atoms with Crippen LogP contribution in [0.3, 0.4) is 0 Å². The molecule has 1 amide bonds. The van der Waals surface area contributed by atoms with Gasteiger partial charge in [-0.2, -0.15) is 4.98 Å². The zero-order valence-electron chi connectivity index (χ0n) is 13.8. The first-order chi connectivity index (χ1) is 12.1. The van der Waals surface area contributed by atoms with Crippen molar-refractivity contribution >= 4 is 5.91 Å². The summed E-state index contributed by atoms with van der Waals surface area (Å²) in [5, 5.41) is 0. The Hall–Kier alpha value is -2.61. The van der Waals surface area contributed by atoms with Crippen LogP contribution in [0.4, 0.5) is 8.78 Å². The van der Waals surface area contributed by atoms with Gasteiger partial charge in [-0.05, 0) is 18.2 Å². The van der Waals surface area contributed by atoms with Crippen LogP contribution in [0.5, 0.6) is 6.01 Å². The molecule has 1 aliphatic rings. The maximum absolute atomic E-state index is 13.8. The number of hydrogen-bond acceptors (Lipinski definition) is 5. The van der Waals surface area contributed by atoms with Crippen LogP contribution in [-0.4, -0.2) is 59.0 Å². The molecule has 0 spiro atoms. The maximum Gasteiger partial charge on any atom is 0.316 e. The smallest absolute Gasteiger partial charge is 0.316 e. The van der Waals surface area contributed by atoms with Crippen molar-refractivity contribution in [3.8, 4) is 6.01 Å². The number of rotatable bonds is 4. The molecular weight excluding hydrogens is 330 g/mol. The first-order valence-electron chi connectivity index (χ1n) is 7.90. The molecule has 1 aliphatic heterocycles. The van der Waals surface area contributed by atoms with E-state index in [2.05, 4.69) is 14.9 Å². The zero-order chi connectivity index (χ0) is 17.8. The Morgan fingerprint density at radius 2 is 1.84 bits per heavy atom. The molecule has 8 heteroatoms. The fourth-order valence-electron chi connectivity index (χ4n) is 2.76. The van der Waals surface area contributed by atoms with Crippen molar-refractivity contribution in [2.24, 2.45) is 0 Å². The van der Waals surface area contributed by atoms with Crippen LogP contribution in [0.25, 0.3) is 0 Å². The van der Waals surface area contributed by atoms with Crippen molar-refractivity contribution < 1.29 is 18.3 Å². The van der Waals surface area contributed by atoms with Crippen LogP contribution in [0.1, 0.15) is 16.1 Å². The van der Waals surface area contributed by atoms with Gasteiger partial charge in [0.25, 0.3) is 5.91 Å². The molecule has 0 bridgehead atoms. The third-order valence-corrected chi connectivity index (χ3v) is 4.10. The van der Waals surface area contributed by atoms with Gasteiger partial charge in [-0.1, -0.05) is 6.07 Å². The van der Waals surface area contributed by atoms with Gasteiger partial charge in [0, 0.05) is 38.9 Å². The van der Waals surface area contributed by atoms with Crippen LogP contribution in [-0.2, 0) is 6.54 Å². The molecule has 132 valence electrons. The second-order valence-electron chi connectivity index (χ2n) is 5.70. The Bertz CT molecular complexity index is 744. The van der Waals surface area contributed by atoms with Crippen molar-refractivity contribution in [3.05, 3.63) is 53.4 Å². The van der Waals surface area contributed by atoms with Gasteiger partial charge in [-0.3, -0.25) is 9.69 Å². The van der Waals surface area contributed by atoms with Gasteiger partial charge >= 0.3 is 6.01 Å². The predicted octanol–water partition coefficient (Wildman–Crippen LogP) is 1.72. The highest BCUT2D eigenvalue weighted by molar-refractivity contribution is 5.94. The Labute approximate surface area is 144 Å². The van der Waals surface area contributed by atoms with Gasteiger partial charge in [-0.15, -0.1) is 0 Å². The fourth-order valence-corrected chi connectivity index (χ4v) is 2.76. The second-order valence-corrected chi connectivity index (χ2v) is 5.70. The van der Waals surface area contributed by atoms with Crippen LogP contribution >= 0.6 is 0 Å². The highest BCUT2D eigenvalue weighted by Gasteiger charge is 2.26. The highest BCUT2D eigenvalue weighted by Crippen LogP contribution is 2.17. The number of carbonyl (C=O) groups is 1. The number of aromatic nitrogens is 2. The molecule has 0 unspecified atom stereocenters. The van der Waals surface area contributed by atoms with Gasteiger partial charge in [0.1, 0.15) is 17.2 Å². The highest BCUT2D eigenvalue weighted by atomic mass is 19.1. The summed E-state index contributed by atoms with van der Waals surface area (Å²) in [7, 11) is 1.51. The lowest BCUT2D eigenvalue weighted by atomic mass is 10.1. The van der Waals surface area contributed by atoms with E-state index in [-0.39, 0.29) is 0 Å². The third kappa shape index (κ3) is 3.90. The molecule has 0 N–H and O–H groups in total. The topological polar surface area (TPSA) is 58.6 Å². The Morgan fingerprint density at radius 3 is 2.48 bits per heavy atom.